The zero-order valence-corrected chi connectivity index (χ0v) is 16.8. The van der Waals surface area contributed by atoms with Gasteiger partial charge in [-0.2, -0.15) is 0 Å². The van der Waals surface area contributed by atoms with Crippen LogP contribution in [0.15, 0.2) is 84.7 Å². The van der Waals surface area contributed by atoms with Crippen molar-refractivity contribution in [2.45, 2.75) is 6.10 Å². The van der Waals surface area contributed by atoms with Gasteiger partial charge in [-0.15, -0.1) is 0 Å². The maximum absolute atomic E-state index is 12.5. The first-order valence-electron chi connectivity index (χ1n) is 9.83. The summed E-state index contributed by atoms with van der Waals surface area (Å²) < 4.78 is 6.11. The third-order valence-electron chi connectivity index (χ3n) is 5.34. The highest BCUT2D eigenvalue weighted by molar-refractivity contribution is 6.00. The average Bonchev–Trinajstić information content (AvgIpc) is 2.95. The van der Waals surface area contributed by atoms with Gasteiger partial charge in [-0.1, -0.05) is 18.2 Å². The van der Waals surface area contributed by atoms with Gasteiger partial charge in [0.05, 0.1) is 0 Å². The van der Waals surface area contributed by atoms with Crippen molar-refractivity contribution in [3.63, 3.8) is 0 Å². The van der Waals surface area contributed by atoms with E-state index in [-0.39, 0.29) is 12.0 Å². The molecule has 0 fully saturated rings. The average molecular weight is 395 g/mol. The highest BCUT2D eigenvalue weighted by Crippen LogP contribution is 2.41. The minimum atomic E-state index is -0.192. The summed E-state index contributed by atoms with van der Waals surface area (Å²) in [6.07, 6.45) is 11.1. The molecule has 0 bridgehead atoms. The molecule has 1 atom stereocenters. The van der Waals surface area contributed by atoms with Crippen LogP contribution < -0.4 is 10.1 Å². The Morgan fingerprint density at radius 1 is 1.17 bits per heavy atom. The lowest BCUT2D eigenvalue weighted by molar-refractivity contribution is -0.124. The number of hydrogen-bond acceptors (Lipinski definition) is 4. The first-order chi connectivity index (χ1) is 14.6. The Labute approximate surface area is 175 Å². The molecule has 2 heterocycles. The monoisotopic (exact) mass is 395 g/mol. The van der Waals surface area contributed by atoms with Crippen LogP contribution in [-0.4, -0.2) is 36.0 Å². The van der Waals surface area contributed by atoms with Crippen LogP contribution in [0.5, 0.6) is 5.75 Å². The molecule has 1 aliphatic heterocycles. The number of nitrogens with one attached hydrogen (secondary N) is 1. The van der Waals surface area contributed by atoms with Crippen molar-refractivity contribution in [1.82, 2.24) is 9.88 Å². The molecule has 2 aromatic carbocycles. The van der Waals surface area contributed by atoms with Gasteiger partial charge < -0.3 is 15.0 Å². The Morgan fingerprint density at radius 3 is 2.93 bits per heavy atom. The number of likely N-dealkylation sites (N-methyl/N-ethyl adjacent to an activating group) is 1. The number of carbonyl (C=O) groups is 1. The molecule has 1 aliphatic carbocycles. The Hall–Kier alpha value is -3.86. The summed E-state index contributed by atoms with van der Waals surface area (Å²) in [5, 5.41) is 5.72. The molecule has 148 valence electrons. The van der Waals surface area contributed by atoms with E-state index in [1.54, 1.807) is 25.2 Å². The lowest BCUT2D eigenvalue weighted by atomic mass is 10.00. The second-order valence-corrected chi connectivity index (χ2v) is 7.58. The molecule has 0 radical (unpaired) electrons. The summed E-state index contributed by atoms with van der Waals surface area (Å²) in [7, 11) is 3.52. The standard InChI is InChI=1S/C25H21N3O2/c1-28(2)25(29)16-5-4-8-23-20(13-16)21-14-18(9-10-24(21)30-23)27-22-7-3-6-17-15-26-12-11-19(17)22/h3-15,23,27H,1-2H3. The molecular formula is C25H21N3O2. The van der Waals surface area contributed by atoms with E-state index in [0.29, 0.717) is 5.57 Å². The normalized spacial score (nSPS) is 16.7. The van der Waals surface area contributed by atoms with Gasteiger partial charge in [0.25, 0.3) is 5.91 Å². The van der Waals surface area contributed by atoms with E-state index in [0.717, 1.165) is 39.0 Å². The van der Waals surface area contributed by atoms with Gasteiger partial charge in [-0.3, -0.25) is 9.78 Å². The summed E-state index contributed by atoms with van der Waals surface area (Å²) in [6, 6.07) is 14.2. The van der Waals surface area contributed by atoms with Gasteiger partial charge in [0, 0.05) is 65.3 Å². The summed E-state index contributed by atoms with van der Waals surface area (Å²) in [5.41, 5.74) is 4.61. The van der Waals surface area contributed by atoms with Gasteiger partial charge >= 0.3 is 0 Å². The fourth-order valence-electron chi connectivity index (χ4n) is 3.85. The van der Waals surface area contributed by atoms with E-state index < -0.39 is 0 Å². The topological polar surface area (TPSA) is 54.5 Å². The van der Waals surface area contributed by atoms with Crippen molar-refractivity contribution in [2.75, 3.05) is 19.4 Å². The highest BCUT2D eigenvalue weighted by atomic mass is 16.5. The number of rotatable bonds is 3. The van der Waals surface area contributed by atoms with Crippen LogP contribution in [0.2, 0.25) is 0 Å². The summed E-state index contributed by atoms with van der Waals surface area (Å²) >= 11 is 0. The van der Waals surface area contributed by atoms with Crippen LogP contribution in [0.1, 0.15) is 5.56 Å². The first kappa shape index (κ1) is 18.2. The van der Waals surface area contributed by atoms with Crippen LogP contribution >= 0.6 is 0 Å². The number of aromatic nitrogens is 1. The van der Waals surface area contributed by atoms with Crippen molar-refractivity contribution in [3.05, 3.63) is 90.3 Å². The minimum absolute atomic E-state index is 0.0279. The van der Waals surface area contributed by atoms with E-state index in [2.05, 4.69) is 22.4 Å². The Balaban J connectivity index is 1.52. The fraction of sp³-hybridized carbons (Fsp3) is 0.120. The fourth-order valence-corrected chi connectivity index (χ4v) is 3.85. The van der Waals surface area contributed by atoms with Gasteiger partial charge in [0.15, 0.2) is 0 Å². The maximum Gasteiger partial charge on any atom is 0.253 e. The maximum atomic E-state index is 12.5. The van der Waals surface area contributed by atoms with Crippen molar-refractivity contribution < 1.29 is 9.53 Å². The van der Waals surface area contributed by atoms with E-state index in [4.69, 9.17) is 4.74 Å². The molecular weight excluding hydrogens is 374 g/mol. The lowest BCUT2D eigenvalue weighted by Crippen LogP contribution is -2.22. The first-order valence-corrected chi connectivity index (χ1v) is 9.83. The molecule has 1 amide bonds. The molecule has 5 rings (SSSR count). The zero-order valence-electron chi connectivity index (χ0n) is 16.8. The molecule has 5 heteroatoms. The number of allylic oxidation sites excluding steroid dienone is 2. The van der Waals surface area contributed by atoms with Gasteiger partial charge in [-0.25, -0.2) is 0 Å². The SMILES string of the molecule is CN(C)C(=O)C1=CC=CC2Oc3ccc(Nc4cccc5cnccc45)cc3C2=C1. The van der Waals surface area contributed by atoms with Crippen molar-refractivity contribution in [2.24, 2.45) is 0 Å². The summed E-state index contributed by atoms with van der Waals surface area (Å²) in [4.78, 5) is 18.3. The number of fused-ring (bicyclic) bond motifs is 4. The molecule has 30 heavy (non-hydrogen) atoms. The third kappa shape index (κ3) is 3.14. The molecule has 0 saturated heterocycles. The number of ether oxygens (including phenoxy) is 1. The van der Waals surface area contributed by atoms with Crippen LogP contribution in [0.3, 0.4) is 0 Å². The van der Waals surface area contributed by atoms with Crippen LogP contribution in [0, 0.1) is 0 Å². The molecule has 1 unspecified atom stereocenters. The molecule has 5 nitrogen and oxygen atoms in total. The Bertz CT molecular complexity index is 1250. The largest absolute Gasteiger partial charge is 0.481 e. The van der Waals surface area contributed by atoms with E-state index in [1.807, 2.05) is 60.8 Å². The number of carbonyl (C=O) groups excluding carboxylic acids is 1. The van der Waals surface area contributed by atoms with E-state index >= 15 is 0 Å². The Morgan fingerprint density at radius 2 is 2.07 bits per heavy atom. The van der Waals surface area contributed by atoms with E-state index in [9.17, 15) is 4.79 Å². The molecule has 0 spiro atoms. The van der Waals surface area contributed by atoms with Crippen molar-refractivity contribution >= 4 is 33.6 Å². The number of hydrogen-bond donors (Lipinski definition) is 1. The second-order valence-electron chi connectivity index (χ2n) is 7.58. The molecule has 2 aliphatic rings. The van der Waals surface area contributed by atoms with Crippen molar-refractivity contribution in [1.29, 1.82) is 0 Å². The smallest absolute Gasteiger partial charge is 0.253 e. The van der Waals surface area contributed by atoms with E-state index in [1.165, 1.54) is 0 Å². The lowest BCUT2D eigenvalue weighted by Gasteiger charge is -2.12. The van der Waals surface area contributed by atoms with Crippen molar-refractivity contribution in [3.8, 4) is 5.75 Å². The van der Waals surface area contributed by atoms with Gasteiger partial charge in [0.1, 0.15) is 11.9 Å². The van der Waals surface area contributed by atoms with Gasteiger partial charge in [0.2, 0.25) is 0 Å². The number of amides is 1. The van der Waals surface area contributed by atoms with Gasteiger partial charge in [-0.05, 0) is 48.6 Å². The minimum Gasteiger partial charge on any atom is -0.481 e. The summed E-state index contributed by atoms with van der Waals surface area (Å²) in [5.74, 6) is 0.794. The van der Waals surface area contributed by atoms with Crippen LogP contribution in [-0.2, 0) is 4.79 Å². The van der Waals surface area contributed by atoms with Crippen LogP contribution in [0.25, 0.3) is 16.3 Å². The highest BCUT2D eigenvalue weighted by Gasteiger charge is 2.29. The number of nitrogens with zero attached hydrogens (tertiary/aromatic N) is 2. The zero-order chi connectivity index (χ0) is 20.7. The third-order valence-corrected chi connectivity index (χ3v) is 5.34. The number of benzene rings is 2. The molecule has 0 saturated carbocycles. The molecule has 1 N–H and O–H groups in total. The second kappa shape index (κ2) is 7.19. The van der Waals surface area contributed by atoms with Crippen LogP contribution in [0.4, 0.5) is 11.4 Å². The molecule has 3 aromatic rings. The Kier molecular flexibility index (Phi) is 4.36. The predicted octanol–water partition coefficient (Wildman–Crippen LogP) is 4.71. The molecule has 1 aromatic heterocycles. The summed E-state index contributed by atoms with van der Waals surface area (Å²) in [6.45, 7) is 0. The number of pyridine rings is 1. The number of anilines is 2. The quantitative estimate of drug-likeness (QED) is 0.698. The predicted molar refractivity (Wildman–Crippen MR) is 120 cm³/mol.